The molecular weight excluding hydrogens is 486 g/mol. The summed E-state index contributed by atoms with van der Waals surface area (Å²) in [5.41, 5.74) is 0.356. The number of methoxy groups -OCH3 is 2. The van der Waals surface area contributed by atoms with Gasteiger partial charge in [-0.25, -0.2) is 0 Å². The number of hydrogen-bond acceptors (Lipinski definition) is 3. The van der Waals surface area contributed by atoms with Gasteiger partial charge in [0.25, 0.3) is 0 Å². The summed E-state index contributed by atoms with van der Waals surface area (Å²) >= 11 is 0. The number of aliphatic imine (C=N–C) groups is 1. The Hall–Kier alpha value is -2.17. The number of halogens is 4. The second kappa shape index (κ2) is 11.0. The van der Waals surface area contributed by atoms with Crippen LogP contribution in [0.2, 0.25) is 0 Å². The van der Waals surface area contributed by atoms with Crippen LogP contribution in [0.15, 0.2) is 47.5 Å². The number of ether oxygens (including phenoxy) is 2. The quantitative estimate of drug-likeness (QED) is 0.348. The van der Waals surface area contributed by atoms with Crippen LogP contribution < -0.4 is 20.1 Å². The van der Waals surface area contributed by atoms with E-state index in [2.05, 4.69) is 15.6 Å². The number of alkyl halides is 3. The minimum absolute atomic E-state index is 0. The minimum Gasteiger partial charge on any atom is -0.497 e. The third kappa shape index (κ3) is 6.77. The molecule has 0 aromatic heterocycles. The molecule has 0 fully saturated rings. The average molecular weight is 509 g/mol. The Bertz CT molecular complexity index is 781. The maximum atomic E-state index is 13.3. The number of benzene rings is 2. The molecule has 2 aromatic rings. The molecule has 0 radical (unpaired) electrons. The van der Waals surface area contributed by atoms with Crippen LogP contribution in [-0.4, -0.2) is 27.2 Å². The van der Waals surface area contributed by atoms with E-state index < -0.39 is 11.7 Å². The van der Waals surface area contributed by atoms with Crippen molar-refractivity contribution in [2.45, 2.75) is 19.3 Å². The maximum absolute atomic E-state index is 13.3. The van der Waals surface area contributed by atoms with Gasteiger partial charge in [-0.05, 0) is 35.4 Å². The normalized spacial score (nSPS) is 11.4. The second-order valence-corrected chi connectivity index (χ2v) is 5.65. The number of hydrogen-bond donors (Lipinski definition) is 2. The van der Waals surface area contributed by atoms with Crippen molar-refractivity contribution in [1.82, 2.24) is 10.6 Å². The van der Waals surface area contributed by atoms with E-state index in [4.69, 9.17) is 9.47 Å². The standard InChI is InChI=1S/C19H22F3N3O2.HI/c1-23-18(24-11-13-4-7-15(26-2)8-5-13)25-12-14-6-9-16(27-3)10-17(14)19(20,21)22;/h4-10H,11-12H2,1-3H3,(H2,23,24,25);1H. The number of nitrogens with one attached hydrogen (secondary N) is 2. The zero-order valence-corrected chi connectivity index (χ0v) is 18.1. The van der Waals surface area contributed by atoms with Gasteiger partial charge in [0.1, 0.15) is 11.5 Å². The van der Waals surface area contributed by atoms with Crippen molar-refractivity contribution in [2.24, 2.45) is 4.99 Å². The predicted octanol–water partition coefficient (Wildman–Crippen LogP) is 4.21. The SMILES string of the molecule is CN=C(NCc1ccc(OC)cc1)NCc1ccc(OC)cc1C(F)(F)F.I. The Balaban J connectivity index is 0.00000392. The van der Waals surface area contributed by atoms with Crippen molar-refractivity contribution < 1.29 is 22.6 Å². The summed E-state index contributed by atoms with van der Waals surface area (Å²) in [4.78, 5) is 4.04. The summed E-state index contributed by atoms with van der Waals surface area (Å²) < 4.78 is 49.8. The van der Waals surface area contributed by atoms with Crippen LogP contribution in [0.1, 0.15) is 16.7 Å². The highest BCUT2D eigenvalue weighted by Gasteiger charge is 2.33. The molecule has 0 aliphatic rings. The Kier molecular flexibility index (Phi) is 9.36. The zero-order valence-electron chi connectivity index (χ0n) is 15.8. The van der Waals surface area contributed by atoms with Crippen LogP contribution in [0, 0.1) is 0 Å². The molecule has 0 amide bonds. The van der Waals surface area contributed by atoms with Crippen LogP contribution in [0.3, 0.4) is 0 Å². The summed E-state index contributed by atoms with van der Waals surface area (Å²) in [6.07, 6.45) is -4.47. The van der Waals surface area contributed by atoms with Gasteiger partial charge in [-0.15, -0.1) is 24.0 Å². The molecule has 2 N–H and O–H groups in total. The van der Waals surface area contributed by atoms with E-state index in [1.165, 1.54) is 19.2 Å². The fraction of sp³-hybridized carbons (Fsp3) is 0.316. The highest BCUT2D eigenvalue weighted by molar-refractivity contribution is 14.0. The van der Waals surface area contributed by atoms with Gasteiger partial charge in [-0.2, -0.15) is 13.2 Å². The predicted molar refractivity (Wildman–Crippen MR) is 113 cm³/mol. The van der Waals surface area contributed by atoms with Crippen LogP contribution in [0.4, 0.5) is 13.2 Å². The van der Waals surface area contributed by atoms with Gasteiger partial charge in [0.15, 0.2) is 5.96 Å². The van der Waals surface area contributed by atoms with E-state index in [-0.39, 0.29) is 41.8 Å². The molecule has 0 spiro atoms. The van der Waals surface area contributed by atoms with E-state index in [0.717, 1.165) is 17.4 Å². The molecule has 5 nitrogen and oxygen atoms in total. The van der Waals surface area contributed by atoms with E-state index in [9.17, 15) is 13.2 Å². The van der Waals surface area contributed by atoms with Crippen molar-refractivity contribution in [3.8, 4) is 11.5 Å². The molecule has 9 heteroatoms. The lowest BCUT2D eigenvalue weighted by molar-refractivity contribution is -0.138. The number of rotatable bonds is 6. The van der Waals surface area contributed by atoms with Crippen LogP contribution in [-0.2, 0) is 19.3 Å². The summed E-state index contributed by atoms with van der Waals surface area (Å²) in [7, 11) is 4.48. The zero-order chi connectivity index (χ0) is 19.9. The van der Waals surface area contributed by atoms with Crippen molar-refractivity contribution >= 4 is 29.9 Å². The highest BCUT2D eigenvalue weighted by Crippen LogP contribution is 2.34. The summed E-state index contributed by atoms with van der Waals surface area (Å²) in [5, 5.41) is 5.97. The lowest BCUT2D eigenvalue weighted by Gasteiger charge is -2.16. The molecule has 0 saturated heterocycles. The lowest BCUT2D eigenvalue weighted by atomic mass is 10.1. The molecule has 0 aliphatic carbocycles. The topological polar surface area (TPSA) is 54.9 Å². The number of guanidine groups is 1. The molecule has 0 bridgehead atoms. The third-order valence-electron chi connectivity index (χ3n) is 3.91. The minimum atomic E-state index is -4.47. The van der Waals surface area contributed by atoms with Crippen LogP contribution in [0.25, 0.3) is 0 Å². The summed E-state index contributed by atoms with van der Waals surface area (Å²) in [6.45, 7) is 0.444. The van der Waals surface area contributed by atoms with Gasteiger partial charge in [0, 0.05) is 20.1 Å². The highest BCUT2D eigenvalue weighted by atomic mass is 127. The Labute approximate surface area is 179 Å². The van der Waals surface area contributed by atoms with Crippen molar-refractivity contribution in [2.75, 3.05) is 21.3 Å². The number of nitrogens with zero attached hydrogens (tertiary/aromatic N) is 1. The fourth-order valence-electron chi connectivity index (χ4n) is 2.43. The Morgan fingerprint density at radius 2 is 1.50 bits per heavy atom. The molecule has 2 rings (SSSR count). The van der Waals surface area contributed by atoms with Gasteiger partial charge in [0.05, 0.1) is 19.8 Å². The third-order valence-corrected chi connectivity index (χ3v) is 3.91. The van der Waals surface area contributed by atoms with E-state index in [1.807, 2.05) is 24.3 Å². The smallest absolute Gasteiger partial charge is 0.416 e. The first kappa shape index (κ1) is 23.9. The van der Waals surface area contributed by atoms with Gasteiger partial charge in [-0.1, -0.05) is 18.2 Å². The summed E-state index contributed by atoms with van der Waals surface area (Å²) in [5.74, 6) is 1.31. The summed E-state index contributed by atoms with van der Waals surface area (Å²) in [6, 6.07) is 11.3. The molecule has 154 valence electrons. The van der Waals surface area contributed by atoms with E-state index in [1.54, 1.807) is 14.2 Å². The van der Waals surface area contributed by atoms with E-state index in [0.29, 0.717) is 12.5 Å². The molecule has 0 atom stereocenters. The Morgan fingerprint density at radius 1 is 0.929 bits per heavy atom. The van der Waals surface area contributed by atoms with Gasteiger partial charge in [-0.3, -0.25) is 4.99 Å². The van der Waals surface area contributed by atoms with Gasteiger partial charge >= 0.3 is 6.18 Å². The van der Waals surface area contributed by atoms with Crippen molar-refractivity contribution in [1.29, 1.82) is 0 Å². The van der Waals surface area contributed by atoms with Crippen molar-refractivity contribution in [3.05, 3.63) is 59.2 Å². The first-order valence-electron chi connectivity index (χ1n) is 8.19. The van der Waals surface area contributed by atoms with Crippen molar-refractivity contribution in [3.63, 3.8) is 0 Å². The van der Waals surface area contributed by atoms with E-state index >= 15 is 0 Å². The van der Waals surface area contributed by atoms with Gasteiger partial charge < -0.3 is 20.1 Å². The molecule has 28 heavy (non-hydrogen) atoms. The molecule has 0 heterocycles. The van der Waals surface area contributed by atoms with Crippen LogP contribution >= 0.6 is 24.0 Å². The molecule has 0 unspecified atom stereocenters. The molecular formula is C19H23F3IN3O2. The van der Waals surface area contributed by atoms with Gasteiger partial charge in [0.2, 0.25) is 0 Å². The molecule has 0 aliphatic heterocycles. The first-order chi connectivity index (χ1) is 12.9. The molecule has 2 aromatic carbocycles. The largest absolute Gasteiger partial charge is 0.497 e. The average Bonchev–Trinajstić information content (AvgIpc) is 2.67. The second-order valence-electron chi connectivity index (χ2n) is 5.65. The monoisotopic (exact) mass is 509 g/mol. The Morgan fingerprint density at radius 3 is 2.04 bits per heavy atom. The fourth-order valence-corrected chi connectivity index (χ4v) is 2.43. The van der Waals surface area contributed by atoms with Crippen LogP contribution in [0.5, 0.6) is 11.5 Å². The lowest BCUT2D eigenvalue weighted by Crippen LogP contribution is -2.36. The first-order valence-corrected chi connectivity index (χ1v) is 8.19. The molecule has 0 saturated carbocycles. The maximum Gasteiger partial charge on any atom is 0.416 e.